The Hall–Kier alpha value is -2.61. The fourth-order valence-corrected chi connectivity index (χ4v) is 4.87. The lowest BCUT2D eigenvalue weighted by Gasteiger charge is -2.15. The molecule has 4 rings (SSSR count). The van der Waals surface area contributed by atoms with E-state index in [1.807, 2.05) is 55.6 Å². The number of benzene rings is 2. The van der Waals surface area contributed by atoms with Gasteiger partial charge in [0.2, 0.25) is 5.91 Å². The first kappa shape index (κ1) is 21.6. The molecule has 0 saturated heterocycles. The standard InChI is InChI=1S/C23H20ClN3O2S2/c1-14-3-4-15(2)19(11-14)27-22(29)21-18(9-10-30-21)26-23(27)31-13-20(28)25-12-16-5-7-17(24)8-6-16/h3-11H,12-13H2,1-2H3,(H,25,28). The van der Waals surface area contributed by atoms with Crippen LogP contribution in [0, 0.1) is 13.8 Å². The van der Waals surface area contributed by atoms with Gasteiger partial charge < -0.3 is 5.32 Å². The van der Waals surface area contributed by atoms with Crippen molar-refractivity contribution in [2.75, 3.05) is 5.75 Å². The Morgan fingerprint density at radius 1 is 1.16 bits per heavy atom. The Bertz CT molecular complexity index is 1310. The zero-order valence-electron chi connectivity index (χ0n) is 17.0. The number of thioether (sulfide) groups is 1. The van der Waals surface area contributed by atoms with Crippen LogP contribution in [0.3, 0.4) is 0 Å². The summed E-state index contributed by atoms with van der Waals surface area (Å²) in [6.07, 6.45) is 0. The third-order valence-corrected chi connectivity index (χ3v) is 6.87. The summed E-state index contributed by atoms with van der Waals surface area (Å²) >= 11 is 8.54. The summed E-state index contributed by atoms with van der Waals surface area (Å²) in [6.45, 7) is 4.37. The summed E-state index contributed by atoms with van der Waals surface area (Å²) in [5.41, 5.74) is 4.32. The number of halogens is 1. The Morgan fingerprint density at radius 2 is 1.94 bits per heavy atom. The average Bonchev–Trinajstić information content (AvgIpc) is 3.23. The number of hydrogen-bond acceptors (Lipinski definition) is 5. The molecular formula is C23H20ClN3O2S2. The number of hydrogen-bond donors (Lipinski definition) is 1. The van der Waals surface area contributed by atoms with Crippen molar-refractivity contribution in [3.8, 4) is 5.69 Å². The monoisotopic (exact) mass is 469 g/mol. The molecule has 2 aromatic heterocycles. The van der Waals surface area contributed by atoms with Crippen molar-refractivity contribution in [1.29, 1.82) is 0 Å². The summed E-state index contributed by atoms with van der Waals surface area (Å²) in [7, 11) is 0. The van der Waals surface area contributed by atoms with E-state index in [9.17, 15) is 9.59 Å². The molecule has 8 heteroatoms. The fourth-order valence-electron chi connectivity index (χ4n) is 3.15. The molecule has 0 fully saturated rings. The Balaban J connectivity index is 1.59. The van der Waals surface area contributed by atoms with Crippen molar-refractivity contribution in [3.05, 3.63) is 86.0 Å². The number of amides is 1. The van der Waals surface area contributed by atoms with Crippen LogP contribution in [0.4, 0.5) is 0 Å². The number of thiophene rings is 1. The third kappa shape index (κ3) is 4.84. The van der Waals surface area contributed by atoms with Gasteiger partial charge in [0.1, 0.15) is 4.70 Å². The van der Waals surface area contributed by atoms with E-state index < -0.39 is 0 Å². The number of nitrogens with zero attached hydrogens (tertiary/aromatic N) is 2. The van der Waals surface area contributed by atoms with E-state index >= 15 is 0 Å². The highest BCUT2D eigenvalue weighted by atomic mass is 35.5. The van der Waals surface area contributed by atoms with Gasteiger partial charge in [-0.25, -0.2) is 4.98 Å². The summed E-state index contributed by atoms with van der Waals surface area (Å²) < 4.78 is 2.23. The van der Waals surface area contributed by atoms with E-state index in [2.05, 4.69) is 10.3 Å². The molecule has 1 amide bonds. The van der Waals surface area contributed by atoms with Crippen LogP contribution in [-0.4, -0.2) is 21.2 Å². The van der Waals surface area contributed by atoms with E-state index in [1.165, 1.54) is 23.1 Å². The maximum absolute atomic E-state index is 13.3. The van der Waals surface area contributed by atoms with E-state index in [1.54, 1.807) is 16.7 Å². The van der Waals surface area contributed by atoms with Gasteiger partial charge in [-0.3, -0.25) is 14.2 Å². The minimum Gasteiger partial charge on any atom is -0.351 e. The predicted octanol–water partition coefficient (Wildman–Crippen LogP) is 5.13. The summed E-state index contributed by atoms with van der Waals surface area (Å²) in [5, 5.41) is 5.92. The van der Waals surface area contributed by atoms with Crippen LogP contribution < -0.4 is 10.9 Å². The molecule has 0 aliphatic carbocycles. The van der Waals surface area contributed by atoms with Crippen LogP contribution >= 0.6 is 34.7 Å². The van der Waals surface area contributed by atoms with Crippen molar-refractivity contribution in [1.82, 2.24) is 14.9 Å². The van der Waals surface area contributed by atoms with Gasteiger partial charge in [-0.05, 0) is 60.2 Å². The number of carbonyl (C=O) groups excluding carboxylic acids is 1. The molecule has 0 atom stereocenters. The quantitative estimate of drug-likeness (QED) is 0.314. The molecule has 0 saturated carbocycles. The van der Waals surface area contributed by atoms with E-state index in [4.69, 9.17) is 11.6 Å². The molecular weight excluding hydrogens is 450 g/mol. The smallest absolute Gasteiger partial charge is 0.276 e. The topological polar surface area (TPSA) is 64.0 Å². The van der Waals surface area contributed by atoms with Gasteiger partial charge in [0.05, 0.1) is 17.0 Å². The molecule has 0 unspecified atom stereocenters. The maximum Gasteiger partial charge on any atom is 0.276 e. The van der Waals surface area contributed by atoms with Crippen molar-refractivity contribution >= 4 is 50.8 Å². The molecule has 2 aromatic carbocycles. The number of aromatic nitrogens is 2. The minimum atomic E-state index is -0.132. The molecule has 158 valence electrons. The molecule has 5 nitrogen and oxygen atoms in total. The highest BCUT2D eigenvalue weighted by Crippen LogP contribution is 2.25. The van der Waals surface area contributed by atoms with E-state index in [0.717, 1.165) is 22.4 Å². The SMILES string of the molecule is Cc1ccc(C)c(-n2c(SCC(=O)NCc3ccc(Cl)cc3)nc3ccsc3c2=O)c1. The highest BCUT2D eigenvalue weighted by Gasteiger charge is 2.17. The second-order valence-electron chi connectivity index (χ2n) is 7.15. The Morgan fingerprint density at radius 3 is 2.71 bits per heavy atom. The molecule has 0 spiro atoms. The van der Waals surface area contributed by atoms with Crippen LogP contribution in [-0.2, 0) is 11.3 Å². The number of fused-ring (bicyclic) bond motifs is 1. The fraction of sp³-hybridized carbons (Fsp3) is 0.174. The normalized spacial score (nSPS) is 11.1. The largest absolute Gasteiger partial charge is 0.351 e. The zero-order chi connectivity index (χ0) is 22.0. The van der Waals surface area contributed by atoms with Crippen LogP contribution in [0.5, 0.6) is 0 Å². The highest BCUT2D eigenvalue weighted by molar-refractivity contribution is 7.99. The summed E-state index contributed by atoms with van der Waals surface area (Å²) in [4.78, 5) is 30.4. The Labute approximate surface area is 193 Å². The van der Waals surface area contributed by atoms with Crippen molar-refractivity contribution in [2.24, 2.45) is 0 Å². The lowest BCUT2D eigenvalue weighted by Crippen LogP contribution is -2.26. The van der Waals surface area contributed by atoms with Crippen LogP contribution in [0.25, 0.3) is 15.9 Å². The van der Waals surface area contributed by atoms with Gasteiger partial charge >= 0.3 is 0 Å². The number of carbonyl (C=O) groups is 1. The molecule has 0 bridgehead atoms. The minimum absolute atomic E-state index is 0.113. The van der Waals surface area contributed by atoms with Crippen LogP contribution in [0.2, 0.25) is 5.02 Å². The van der Waals surface area contributed by atoms with Crippen molar-refractivity contribution < 1.29 is 4.79 Å². The molecule has 0 aliphatic rings. The molecule has 2 heterocycles. The maximum atomic E-state index is 13.3. The predicted molar refractivity (Wildman–Crippen MR) is 129 cm³/mol. The summed E-state index contributed by atoms with van der Waals surface area (Å²) in [6, 6.07) is 15.1. The molecule has 0 radical (unpaired) electrons. The van der Waals surface area contributed by atoms with Crippen molar-refractivity contribution in [3.63, 3.8) is 0 Å². The van der Waals surface area contributed by atoms with Gasteiger partial charge in [-0.15, -0.1) is 11.3 Å². The second-order valence-corrected chi connectivity index (χ2v) is 9.45. The van der Waals surface area contributed by atoms with Gasteiger partial charge in [-0.1, -0.05) is 47.6 Å². The van der Waals surface area contributed by atoms with Gasteiger partial charge in [0.25, 0.3) is 5.56 Å². The number of rotatable bonds is 6. The van der Waals surface area contributed by atoms with Gasteiger partial charge in [-0.2, -0.15) is 0 Å². The van der Waals surface area contributed by atoms with E-state index in [0.29, 0.717) is 26.9 Å². The molecule has 4 aromatic rings. The molecule has 1 N–H and O–H groups in total. The molecule has 0 aliphatic heterocycles. The number of aryl methyl sites for hydroxylation is 2. The Kier molecular flexibility index (Phi) is 6.46. The van der Waals surface area contributed by atoms with Gasteiger partial charge in [0.15, 0.2) is 5.16 Å². The lowest BCUT2D eigenvalue weighted by atomic mass is 10.1. The van der Waals surface area contributed by atoms with Gasteiger partial charge in [0, 0.05) is 11.6 Å². The molecule has 31 heavy (non-hydrogen) atoms. The number of nitrogens with one attached hydrogen (secondary N) is 1. The van der Waals surface area contributed by atoms with E-state index in [-0.39, 0.29) is 17.2 Å². The average molecular weight is 470 g/mol. The third-order valence-electron chi connectivity index (χ3n) is 4.79. The van der Waals surface area contributed by atoms with Crippen LogP contribution in [0.1, 0.15) is 16.7 Å². The second kappa shape index (κ2) is 9.26. The lowest BCUT2D eigenvalue weighted by molar-refractivity contribution is -0.118. The zero-order valence-corrected chi connectivity index (χ0v) is 19.4. The first-order chi connectivity index (χ1) is 14.9. The summed E-state index contributed by atoms with van der Waals surface area (Å²) in [5.74, 6) is 0.0210. The van der Waals surface area contributed by atoms with Crippen molar-refractivity contribution in [2.45, 2.75) is 25.5 Å². The first-order valence-corrected chi connectivity index (χ1v) is 11.9. The van der Waals surface area contributed by atoms with Crippen LogP contribution in [0.15, 0.2) is 63.9 Å². The first-order valence-electron chi connectivity index (χ1n) is 9.64.